The van der Waals surface area contributed by atoms with E-state index in [1.165, 1.54) is 6.08 Å². The summed E-state index contributed by atoms with van der Waals surface area (Å²) in [5.41, 5.74) is 1.34. The second-order valence-corrected chi connectivity index (χ2v) is 6.66. The van der Waals surface area contributed by atoms with Crippen molar-refractivity contribution in [2.24, 2.45) is 5.41 Å². The smallest absolute Gasteiger partial charge is 0.248 e. The van der Waals surface area contributed by atoms with Gasteiger partial charge in [-0.3, -0.25) is 9.59 Å². The van der Waals surface area contributed by atoms with Crippen LogP contribution in [-0.2, 0) is 9.59 Å². The van der Waals surface area contributed by atoms with Crippen LogP contribution in [-0.4, -0.2) is 16.9 Å². The Morgan fingerprint density at radius 1 is 0.920 bits per heavy atom. The van der Waals surface area contributed by atoms with Gasteiger partial charge in [0.05, 0.1) is 11.4 Å². The second-order valence-electron chi connectivity index (χ2n) is 6.66. The van der Waals surface area contributed by atoms with Crippen molar-refractivity contribution in [1.29, 1.82) is 0 Å². The molecule has 0 fully saturated rings. The monoisotopic (exact) mass is 338 g/mol. The van der Waals surface area contributed by atoms with Crippen LogP contribution in [0.3, 0.4) is 0 Å². The number of para-hydroxylation sites is 2. The number of hydrogen-bond acceptors (Lipinski definition) is 3. The molecule has 0 unspecified atom stereocenters. The molecule has 2 amide bonds. The molecule has 2 aromatic carbocycles. The minimum Gasteiger partial charge on any atom is -0.508 e. The molecule has 0 saturated heterocycles. The van der Waals surface area contributed by atoms with Gasteiger partial charge in [-0.05, 0) is 35.9 Å². The van der Waals surface area contributed by atoms with Gasteiger partial charge in [0.2, 0.25) is 11.8 Å². The zero-order chi connectivity index (χ0) is 18.4. The molecule has 0 aromatic heterocycles. The van der Waals surface area contributed by atoms with Gasteiger partial charge in [-0.15, -0.1) is 0 Å². The van der Waals surface area contributed by atoms with E-state index in [0.717, 1.165) is 5.56 Å². The van der Waals surface area contributed by atoms with E-state index in [9.17, 15) is 14.7 Å². The number of carbonyl (C=O) groups is 2. The molecule has 0 aliphatic rings. The minimum atomic E-state index is -0.532. The van der Waals surface area contributed by atoms with Gasteiger partial charge in [-0.2, -0.15) is 0 Å². The molecule has 5 heteroatoms. The average Bonchev–Trinajstić information content (AvgIpc) is 2.55. The molecular weight excluding hydrogens is 316 g/mol. The zero-order valence-electron chi connectivity index (χ0n) is 14.5. The number of phenolic OH excluding ortho intramolecular Hbond substituents is 1. The molecule has 0 aliphatic carbocycles. The summed E-state index contributed by atoms with van der Waals surface area (Å²) in [5, 5.41) is 14.8. The van der Waals surface area contributed by atoms with Crippen molar-refractivity contribution in [2.45, 2.75) is 20.8 Å². The second kappa shape index (κ2) is 7.66. The van der Waals surface area contributed by atoms with Crippen LogP contribution in [0.15, 0.2) is 54.6 Å². The van der Waals surface area contributed by atoms with Gasteiger partial charge in [-0.25, -0.2) is 0 Å². The Morgan fingerprint density at radius 3 is 2.04 bits per heavy atom. The molecule has 25 heavy (non-hydrogen) atoms. The maximum Gasteiger partial charge on any atom is 0.248 e. The molecule has 0 radical (unpaired) electrons. The third-order valence-corrected chi connectivity index (χ3v) is 3.43. The van der Waals surface area contributed by atoms with E-state index in [1.54, 1.807) is 54.6 Å². The first-order valence-electron chi connectivity index (χ1n) is 7.94. The number of hydrogen-bond donors (Lipinski definition) is 3. The maximum absolute atomic E-state index is 12.2. The van der Waals surface area contributed by atoms with Crippen molar-refractivity contribution in [3.8, 4) is 5.75 Å². The highest BCUT2D eigenvalue weighted by Gasteiger charge is 2.22. The van der Waals surface area contributed by atoms with Crippen molar-refractivity contribution in [3.63, 3.8) is 0 Å². The summed E-state index contributed by atoms with van der Waals surface area (Å²) in [5.74, 6) is -0.274. The lowest BCUT2D eigenvalue weighted by molar-refractivity contribution is -0.123. The summed E-state index contributed by atoms with van der Waals surface area (Å²) >= 11 is 0. The fourth-order valence-corrected chi connectivity index (χ4v) is 1.94. The molecule has 2 aromatic rings. The number of carbonyl (C=O) groups excluding carboxylic acids is 2. The molecule has 0 saturated carbocycles. The number of benzene rings is 2. The lowest BCUT2D eigenvalue weighted by Crippen LogP contribution is -2.28. The fourth-order valence-electron chi connectivity index (χ4n) is 1.94. The molecule has 0 aliphatic heterocycles. The van der Waals surface area contributed by atoms with Gasteiger partial charge in [0.1, 0.15) is 5.75 Å². The Morgan fingerprint density at radius 2 is 1.48 bits per heavy atom. The van der Waals surface area contributed by atoms with Gasteiger partial charge >= 0.3 is 0 Å². The number of anilines is 2. The van der Waals surface area contributed by atoms with Crippen LogP contribution >= 0.6 is 0 Å². The first kappa shape index (κ1) is 18.3. The quantitative estimate of drug-likeness (QED) is 0.737. The normalized spacial score (nSPS) is 11.3. The van der Waals surface area contributed by atoms with Crippen molar-refractivity contribution in [1.82, 2.24) is 0 Å². The van der Waals surface area contributed by atoms with E-state index in [-0.39, 0.29) is 17.6 Å². The van der Waals surface area contributed by atoms with Crippen LogP contribution in [0.1, 0.15) is 26.3 Å². The van der Waals surface area contributed by atoms with Crippen molar-refractivity contribution in [2.75, 3.05) is 10.6 Å². The summed E-state index contributed by atoms with van der Waals surface area (Å²) in [6.07, 6.45) is 3.04. The fraction of sp³-hybridized carbons (Fsp3) is 0.200. The summed E-state index contributed by atoms with van der Waals surface area (Å²) in [4.78, 5) is 24.3. The third kappa shape index (κ3) is 5.49. The highest BCUT2D eigenvalue weighted by atomic mass is 16.3. The molecule has 0 atom stereocenters. The van der Waals surface area contributed by atoms with Crippen LogP contribution in [0, 0.1) is 5.41 Å². The lowest BCUT2D eigenvalue weighted by atomic mass is 9.95. The van der Waals surface area contributed by atoms with Crippen molar-refractivity contribution >= 4 is 29.3 Å². The number of aromatic hydroxyl groups is 1. The van der Waals surface area contributed by atoms with Crippen LogP contribution < -0.4 is 10.6 Å². The van der Waals surface area contributed by atoms with E-state index >= 15 is 0 Å². The van der Waals surface area contributed by atoms with Gasteiger partial charge in [0.25, 0.3) is 0 Å². The van der Waals surface area contributed by atoms with Crippen LogP contribution in [0.2, 0.25) is 0 Å². The first-order chi connectivity index (χ1) is 11.8. The number of rotatable bonds is 4. The summed E-state index contributed by atoms with van der Waals surface area (Å²) in [6.45, 7) is 5.47. The Labute approximate surface area is 147 Å². The average molecular weight is 338 g/mol. The zero-order valence-corrected chi connectivity index (χ0v) is 14.5. The van der Waals surface area contributed by atoms with Crippen molar-refractivity contribution < 1.29 is 14.7 Å². The molecule has 0 bridgehead atoms. The van der Waals surface area contributed by atoms with Gasteiger partial charge in [0.15, 0.2) is 0 Å². The molecule has 0 spiro atoms. The SMILES string of the molecule is CC(C)(C)C(=O)Nc1ccccc1NC(=O)/C=C/c1ccc(O)cc1. The Hall–Kier alpha value is -3.08. The largest absolute Gasteiger partial charge is 0.508 e. The maximum atomic E-state index is 12.2. The van der Waals surface area contributed by atoms with E-state index < -0.39 is 5.41 Å². The standard InChI is InChI=1S/C20H22N2O3/c1-20(2,3)19(25)22-17-7-5-4-6-16(17)21-18(24)13-10-14-8-11-15(23)12-9-14/h4-13,23H,1-3H3,(H,21,24)(H,22,25)/b13-10+. The van der Waals surface area contributed by atoms with Crippen LogP contribution in [0.4, 0.5) is 11.4 Å². The lowest BCUT2D eigenvalue weighted by Gasteiger charge is -2.19. The predicted molar refractivity (Wildman–Crippen MR) is 100 cm³/mol. The first-order valence-corrected chi connectivity index (χ1v) is 7.94. The van der Waals surface area contributed by atoms with E-state index in [2.05, 4.69) is 10.6 Å². The summed E-state index contributed by atoms with van der Waals surface area (Å²) in [6, 6.07) is 13.6. The molecule has 0 heterocycles. The van der Waals surface area contributed by atoms with E-state index in [4.69, 9.17) is 0 Å². The van der Waals surface area contributed by atoms with Crippen LogP contribution in [0.25, 0.3) is 6.08 Å². The third-order valence-electron chi connectivity index (χ3n) is 3.43. The van der Waals surface area contributed by atoms with Gasteiger partial charge in [-0.1, -0.05) is 45.0 Å². The number of phenols is 1. The Kier molecular flexibility index (Phi) is 5.60. The highest BCUT2D eigenvalue weighted by Crippen LogP contribution is 2.24. The summed E-state index contributed by atoms with van der Waals surface area (Å²) in [7, 11) is 0. The number of nitrogens with one attached hydrogen (secondary N) is 2. The minimum absolute atomic E-state index is 0.131. The molecular formula is C20H22N2O3. The molecule has 130 valence electrons. The van der Waals surface area contributed by atoms with Gasteiger partial charge in [0, 0.05) is 11.5 Å². The van der Waals surface area contributed by atoms with E-state index in [1.807, 2.05) is 20.8 Å². The number of amides is 2. The Bertz CT molecular complexity index is 787. The molecule has 3 N–H and O–H groups in total. The summed E-state index contributed by atoms with van der Waals surface area (Å²) < 4.78 is 0. The Balaban J connectivity index is 2.08. The topological polar surface area (TPSA) is 78.4 Å². The predicted octanol–water partition coefficient (Wildman–Crippen LogP) is 4.03. The van der Waals surface area contributed by atoms with Crippen molar-refractivity contribution in [3.05, 3.63) is 60.2 Å². The van der Waals surface area contributed by atoms with E-state index in [0.29, 0.717) is 11.4 Å². The molecule has 2 rings (SSSR count). The van der Waals surface area contributed by atoms with Crippen LogP contribution in [0.5, 0.6) is 5.75 Å². The molecule has 5 nitrogen and oxygen atoms in total. The van der Waals surface area contributed by atoms with Gasteiger partial charge < -0.3 is 15.7 Å². The highest BCUT2D eigenvalue weighted by molar-refractivity contribution is 6.06.